The second-order valence-electron chi connectivity index (χ2n) is 5.90. The van der Waals surface area contributed by atoms with Gasteiger partial charge in [-0.1, -0.05) is 0 Å². The minimum absolute atomic E-state index is 0.0771. The molecule has 0 aromatic carbocycles. The number of allylic oxidation sites excluding steroid dienone is 3. The summed E-state index contributed by atoms with van der Waals surface area (Å²) in [5.74, 6) is -1.28. The van der Waals surface area contributed by atoms with Crippen molar-refractivity contribution in [2.24, 2.45) is 0 Å². The number of hydrogen-bond acceptors (Lipinski definition) is 6. The van der Waals surface area contributed by atoms with Crippen LogP contribution in [0.25, 0.3) is 0 Å². The van der Waals surface area contributed by atoms with Crippen molar-refractivity contribution in [3.63, 3.8) is 0 Å². The number of Topliss-reactive ketones (excluding diaryl/α,β-unsaturated/α-hetero) is 2. The Bertz CT molecular complexity index is 723. The molecule has 2 aliphatic carbocycles. The van der Waals surface area contributed by atoms with Crippen LogP contribution in [0, 0.1) is 0 Å². The van der Waals surface area contributed by atoms with Gasteiger partial charge in [0, 0.05) is 11.1 Å². The molecule has 0 aromatic heterocycles. The van der Waals surface area contributed by atoms with Gasteiger partial charge in [-0.2, -0.15) is 0 Å². The second-order valence-corrected chi connectivity index (χ2v) is 5.90. The van der Waals surface area contributed by atoms with Crippen LogP contribution in [-0.4, -0.2) is 41.0 Å². The van der Waals surface area contributed by atoms with Crippen molar-refractivity contribution in [1.82, 2.24) is 0 Å². The molecule has 6 nitrogen and oxygen atoms in total. The largest absolute Gasteiger partial charge is 0.508 e. The Hall–Kier alpha value is -2.21. The van der Waals surface area contributed by atoms with Crippen LogP contribution >= 0.6 is 0 Å². The fourth-order valence-corrected chi connectivity index (χ4v) is 3.67. The Kier molecular flexibility index (Phi) is 2.69. The molecule has 3 unspecified atom stereocenters. The third kappa shape index (κ3) is 1.61. The number of ether oxygens (including phenoxy) is 2. The standard InChI is InChI=1S/C16H14O6/c1-6-11-13(16-9(21-6)5-10(18)22-16)14(19)7-3-2-4-8(17)12(7)15(11)20/h4,6,9,16-17H,2-3,5H2,1H3. The fourth-order valence-electron chi connectivity index (χ4n) is 3.67. The molecule has 3 atom stereocenters. The average molecular weight is 302 g/mol. The van der Waals surface area contributed by atoms with Crippen LogP contribution in [0.15, 0.2) is 34.1 Å². The van der Waals surface area contributed by atoms with Gasteiger partial charge in [0.2, 0.25) is 0 Å². The highest BCUT2D eigenvalue weighted by Gasteiger charge is 2.51. The smallest absolute Gasteiger partial charge is 0.309 e. The lowest BCUT2D eigenvalue weighted by molar-refractivity contribution is -0.141. The number of aliphatic hydroxyl groups excluding tert-OH is 1. The molecule has 2 aliphatic heterocycles. The molecule has 1 N–H and O–H groups in total. The Balaban J connectivity index is 1.88. The lowest BCUT2D eigenvalue weighted by Crippen LogP contribution is -2.45. The summed E-state index contributed by atoms with van der Waals surface area (Å²) in [6.45, 7) is 1.68. The third-order valence-electron chi connectivity index (χ3n) is 4.60. The van der Waals surface area contributed by atoms with Gasteiger partial charge in [-0.3, -0.25) is 14.4 Å². The van der Waals surface area contributed by atoms with Crippen molar-refractivity contribution in [2.45, 2.75) is 44.5 Å². The van der Waals surface area contributed by atoms with Gasteiger partial charge in [-0.15, -0.1) is 0 Å². The predicted molar refractivity (Wildman–Crippen MR) is 72.8 cm³/mol. The van der Waals surface area contributed by atoms with E-state index in [9.17, 15) is 19.5 Å². The van der Waals surface area contributed by atoms with Gasteiger partial charge < -0.3 is 14.6 Å². The van der Waals surface area contributed by atoms with Gasteiger partial charge in [0.15, 0.2) is 17.7 Å². The SMILES string of the molecule is CC1OC2CC(=O)OC2C2=C1C(=O)C1=C(CCC=C1O)C2=O. The number of rotatable bonds is 0. The summed E-state index contributed by atoms with van der Waals surface area (Å²) in [5, 5.41) is 9.98. The van der Waals surface area contributed by atoms with E-state index in [1.807, 2.05) is 0 Å². The Labute approximate surface area is 126 Å². The van der Waals surface area contributed by atoms with E-state index in [4.69, 9.17) is 9.47 Å². The fraction of sp³-hybridized carbons (Fsp3) is 0.438. The summed E-state index contributed by atoms with van der Waals surface area (Å²) in [6.07, 6.45) is 0.608. The van der Waals surface area contributed by atoms with Gasteiger partial charge >= 0.3 is 5.97 Å². The van der Waals surface area contributed by atoms with Crippen molar-refractivity contribution in [2.75, 3.05) is 0 Å². The van der Waals surface area contributed by atoms with Crippen LogP contribution in [0.3, 0.4) is 0 Å². The summed E-state index contributed by atoms with van der Waals surface area (Å²) < 4.78 is 10.9. The molecule has 0 amide bonds. The molecule has 1 fully saturated rings. The second kappa shape index (κ2) is 4.39. The van der Waals surface area contributed by atoms with E-state index in [0.717, 1.165) is 0 Å². The van der Waals surface area contributed by atoms with Crippen LogP contribution in [0.5, 0.6) is 0 Å². The quantitative estimate of drug-likeness (QED) is 0.532. The van der Waals surface area contributed by atoms with E-state index in [1.54, 1.807) is 13.0 Å². The topological polar surface area (TPSA) is 89.9 Å². The van der Waals surface area contributed by atoms with E-state index in [-0.39, 0.29) is 34.7 Å². The van der Waals surface area contributed by atoms with Crippen molar-refractivity contribution >= 4 is 17.5 Å². The first kappa shape index (κ1) is 13.5. The zero-order chi connectivity index (χ0) is 15.6. The number of aliphatic hydroxyl groups is 1. The molecule has 0 saturated carbocycles. The Morgan fingerprint density at radius 2 is 1.95 bits per heavy atom. The first-order valence-electron chi connectivity index (χ1n) is 7.30. The van der Waals surface area contributed by atoms with Crippen LogP contribution in [0.1, 0.15) is 26.2 Å². The summed E-state index contributed by atoms with van der Waals surface area (Å²) >= 11 is 0. The van der Waals surface area contributed by atoms with Crippen molar-refractivity contribution in [3.05, 3.63) is 34.1 Å². The molecule has 2 heterocycles. The molecule has 1 saturated heterocycles. The van der Waals surface area contributed by atoms with Crippen molar-refractivity contribution in [1.29, 1.82) is 0 Å². The molecule has 0 aromatic rings. The normalized spacial score (nSPS) is 34.1. The highest BCUT2D eigenvalue weighted by Crippen LogP contribution is 2.43. The highest BCUT2D eigenvalue weighted by molar-refractivity contribution is 6.27. The van der Waals surface area contributed by atoms with Crippen LogP contribution in [0.4, 0.5) is 0 Å². The van der Waals surface area contributed by atoms with E-state index in [0.29, 0.717) is 18.4 Å². The maximum atomic E-state index is 12.8. The number of carbonyl (C=O) groups is 3. The maximum Gasteiger partial charge on any atom is 0.309 e. The minimum atomic E-state index is -0.808. The summed E-state index contributed by atoms with van der Waals surface area (Å²) in [5.41, 5.74) is 0.849. The van der Waals surface area contributed by atoms with Crippen molar-refractivity contribution < 1.29 is 29.0 Å². The zero-order valence-corrected chi connectivity index (χ0v) is 11.9. The van der Waals surface area contributed by atoms with Gasteiger partial charge in [0.25, 0.3) is 0 Å². The highest BCUT2D eigenvalue weighted by atomic mass is 16.6. The first-order valence-corrected chi connectivity index (χ1v) is 7.30. The minimum Gasteiger partial charge on any atom is -0.508 e. The van der Waals surface area contributed by atoms with Crippen LogP contribution < -0.4 is 0 Å². The lowest BCUT2D eigenvalue weighted by atomic mass is 9.74. The molecule has 6 heteroatoms. The summed E-state index contributed by atoms with van der Waals surface area (Å²) in [6, 6.07) is 0. The molecule has 4 aliphatic rings. The van der Waals surface area contributed by atoms with E-state index >= 15 is 0 Å². The third-order valence-corrected chi connectivity index (χ3v) is 4.60. The monoisotopic (exact) mass is 302 g/mol. The number of ketones is 2. The van der Waals surface area contributed by atoms with Crippen LogP contribution in [0.2, 0.25) is 0 Å². The van der Waals surface area contributed by atoms with E-state index in [1.165, 1.54) is 0 Å². The van der Waals surface area contributed by atoms with Gasteiger partial charge in [-0.25, -0.2) is 0 Å². The average Bonchev–Trinajstić information content (AvgIpc) is 2.83. The Morgan fingerprint density at radius 1 is 1.18 bits per heavy atom. The van der Waals surface area contributed by atoms with Gasteiger partial charge in [-0.05, 0) is 25.8 Å². The molecule has 0 spiro atoms. The molecule has 22 heavy (non-hydrogen) atoms. The summed E-state index contributed by atoms with van der Waals surface area (Å²) in [4.78, 5) is 37.1. The van der Waals surface area contributed by atoms with Gasteiger partial charge in [0.05, 0.1) is 23.7 Å². The molecule has 0 bridgehead atoms. The molecular weight excluding hydrogens is 288 g/mol. The molecule has 4 rings (SSSR count). The molecule has 114 valence electrons. The van der Waals surface area contributed by atoms with Crippen molar-refractivity contribution in [3.8, 4) is 0 Å². The maximum absolute atomic E-state index is 12.8. The Morgan fingerprint density at radius 3 is 2.73 bits per heavy atom. The number of fused-ring (bicyclic) bond motifs is 2. The number of hydrogen-bond donors (Lipinski definition) is 1. The number of carbonyl (C=O) groups excluding carboxylic acids is 3. The van der Waals surface area contributed by atoms with E-state index < -0.39 is 30.1 Å². The predicted octanol–water partition coefficient (Wildman–Crippen LogP) is 1.07. The lowest BCUT2D eigenvalue weighted by Gasteiger charge is -2.36. The zero-order valence-electron chi connectivity index (χ0n) is 11.9. The van der Waals surface area contributed by atoms with E-state index in [2.05, 4.69) is 0 Å². The van der Waals surface area contributed by atoms with Gasteiger partial charge in [0.1, 0.15) is 11.9 Å². The first-order chi connectivity index (χ1) is 10.5. The van der Waals surface area contributed by atoms with Crippen LogP contribution in [-0.2, 0) is 23.9 Å². The molecule has 0 radical (unpaired) electrons. The number of esters is 1. The molecular formula is C16H14O6. The summed E-state index contributed by atoms with van der Waals surface area (Å²) in [7, 11) is 0.